The predicted octanol–water partition coefficient (Wildman–Crippen LogP) is 2.99. The molecule has 1 aromatic carbocycles. The van der Waals surface area contributed by atoms with Crippen LogP contribution < -0.4 is 4.74 Å². The van der Waals surface area contributed by atoms with E-state index >= 15 is 0 Å². The Hall–Kier alpha value is -0.780. The van der Waals surface area contributed by atoms with Crippen molar-refractivity contribution in [3.05, 3.63) is 29.8 Å². The van der Waals surface area contributed by atoms with E-state index in [9.17, 15) is 8.42 Å². The fraction of sp³-hybridized carbons (Fsp3) is 0.571. The Kier molecular flexibility index (Phi) is 7.95. The Morgan fingerprint density at radius 1 is 1.05 bits per heavy atom. The number of hydrogen-bond donors (Lipinski definition) is 0. The van der Waals surface area contributed by atoms with E-state index in [-0.39, 0.29) is 5.75 Å². The van der Waals surface area contributed by atoms with Crippen LogP contribution in [-0.2, 0) is 20.2 Å². The SMILES string of the molecule is COCCc1ccc(OCCCCCS(=O)(=O)Cl)cc1. The molecule has 0 bridgehead atoms. The van der Waals surface area contributed by atoms with Crippen LogP contribution in [0.25, 0.3) is 0 Å². The van der Waals surface area contributed by atoms with Crippen molar-refractivity contribution in [2.24, 2.45) is 0 Å². The molecule has 0 spiro atoms. The molecular formula is C14H21ClO4S. The van der Waals surface area contributed by atoms with Crippen molar-refractivity contribution in [2.45, 2.75) is 25.7 Å². The zero-order valence-electron chi connectivity index (χ0n) is 11.7. The van der Waals surface area contributed by atoms with E-state index in [0.717, 1.165) is 25.0 Å². The van der Waals surface area contributed by atoms with Gasteiger partial charge in [0, 0.05) is 17.8 Å². The Balaban J connectivity index is 2.16. The lowest BCUT2D eigenvalue weighted by atomic mass is 10.1. The van der Waals surface area contributed by atoms with E-state index in [1.54, 1.807) is 7.11 Å². The first-order chi connectivity index (χ1) is 9.51. The summed E-state index contributed by atoms with van der Waals surface area (Å²) in [5, 5.41) is 0. The summed E-state index contributed by atoms with van der Waals surface area (Å²) in [5.74, 6) is 0.860. The fourth-order valence-corrected chi connectivity index (χ4v) is 2.59. The van der Waals surface area contributed by atoms with Gasteiger partial charge in [0.05, 0.1) is 19.0 Å². The molecule has 0 saturated carbocycles. The van der Waals surface area contributed by atoms with Gasteiger partial charge < -0.3 is 9.47 Å². The van der Waals surface area contributed by atoms with Crippen LogP contribution in [0.2, 0.25) is 0 Å². The summed E-state index contributed by atoms with van der Waals surface area (Å²) < 4.78 is 32.0. The first kappa shape index (κ1) is 17.3. The molecule has 0 atom stereocenters. The Labute approximate surface area is 125 Å². The summed E-state index contributed by atoms with van der Waals surface area (Å²) in [6.45, 7) is 1.30. The van der Waals surface area contributed by atoms with Gasteiger partial charge in [-0.1, -0.05) is 12.1 Å². The van der Waals surface area contributed by atoms with Crippen molar-refractivity contribution in [2.75, 3.05) is 26.1 Å². The second-order valence-corrected chi connectivity index (χ2v) is 7.44. The normalized spacial score (nSPS) is 11.5. The molecule has 1 aromatic rings. The first-order valence-corrected chi connectivity index (χ1v) is 9.12. The van der Waals surface area contributed by atoms with E-state index in [4.69, 9.17) is 20.2 Å². The molecule has 0 unspecified atom stereocenters. The second-order valence-electron chi connectivity index (χ2n) is 4.54. The molecule has 0 aromatic heterocycles. The predicted molar refractivity (Wildman–Crippen MR) is 81.0 cm³/mol. The van der Waals surface area contributed by atoms with Gasteiger partial charge in [0.1, 0.15) is 5.75 Å². The van der Waals surface area contributed by atoms with E-state index in [2.05, 4.69) is 0 Å². The Morgan fingerprint density at radius 2 is 1.75 bits per heavy atom. The van der Waals surface area contributed by atoms with Gasteiger partial charge in [0.15, 0.2) is 0 Å². The van der Waals surface area contributed by atoms with Gasteiger partial charge >= 0.3 is 0 Å². The molecule has 20 heavy (non-hydrogen) atoms. The zero-order valence-corrected chi connectivity index (χ0v) is 13.3. The molecule has 0 heterocycles. The van der Waals surface area contributed by atoms with Crippen molar-refractivity contribution in [3.63, 3.8) is 0 Å². The third-order valence-electron chi connectivity index (χ3n) is 2.82. The smallest absolute Gasteiger partial charge is 0.232 e. The molecule has 0 saturated heterocycles. The fourth-order valence-electron chi connectivity index (χ4n) is 1.72. The lowest BCUT2D eigenvalue weighted by molar-refractivity contribution is 0.202. The highest BCUT2D eigenvalue weighted by atomic mass is 35.7. The first-order valence-electron chi connectivity index (χ1n) is 6.64. The van der Waals surface area contributed by atoms with Crippen molar-refractivity contribution >= 4 is 19.7 Å². The third kappa shape index (κ3) is 8.40. The van der Waals surface area contributed by atoms with E-state index in [1.165, 1.54) is 5.56 Å². The van der Waals surface area contributed by atoms with Crippen LogP contribution in [0.5, 0.6) is 5.75 Å². The minimum absolute atomic E-state index is 0.0305. The minimum atomic E-state index is -3.35. The van der Waals surface area contributed by atoms with Gasteiger partial charge in [-0.2, -0.15) is 0 Å². The van der Waals surface area contributed by atoms with Crippen molar-refractivity contribution in [1.82, 2.24) is 0 Å². The van der Waals surface area contributed by atoms with Crippen molar-refractivity contribution in [3.8, 4) is 5.75 Å². The van der Waals surface area contributed by atoms with Gasteiger partial charge in [-0.3, -0.25) is 0 Å². The van der Waals surface area contributed by atoms with Crippen molar-refractivity contribution in [1.29, 1.82) is 0 Å². The van der Waals surface area contributed by atoms with E-state index < -0.39 is 9.05 Å². The molecule has 0 amide bonds. The van der Waals surface area contributed by atoms with Crippen molar-refractivity contribution < 1.29 is 17.9 Å². The lowest BCUT2D eigenvalue weighted by Gasteiger charge is -2.07. The number of rotatable bonds is 10. The largest absolute Gasteiger partial charge is 0.494 e. The molecule has 6 heteroatoms. The van der Waals surface area contributed by atoms with Crippen LogP contribution in [0.4, 0.5) is 0 Å². The number of ether oxygens (including phenoxy) is 2. The number of halogens is 1. The molecule has 0 aliphatic heterocycles. The van der Waals surface area contributed by atoms with Crippen LogP contribution in [0.3, 0.4) is 0 Å². The quantitative estimate of drug-likeness (QED) is 0.491. The molecular weight excluding hydrogens is 300 g/mol. The number of benzene rings is 1. The number of methoxy groups -OCH3 is 1. The van der Waals surface area contributed by atoms with Gasteiger partial charge in [0.2, 0.25) is 9.05 Å². The van der Waals surface area contributed by atoms with Crippen LogP contribution in [-0.4, -0.2) is 34.5 Å². The average molecular weight is 321 g/mol. The Bertz CT molecular complexity index is 470. The highest BCUT2D eigenvalue weighted by Gasteiger charge is 2.03. The van der Waals surface area contributed by atoms with E-state index in [0.29, 0.717) is 19.6 Å². The summed E-state index contributed by atoms with van der Waals surface area (Å²) in [7, 11) is 3.46. The summed E-state index contributed by atoms with van der Waals surface area (Å²) in [6.07, 6.45) is 3.07. The summed E-state index contributed by atoms with van der Waals surface area (Å²) >= 11 is 0. The third-order valence-corrected chi connectivity index (χ3v) is 4.06. The molecule has 0 N–H and O–H groups in total. The maximum absolute atomic E-state index is 10.7. The number of hydrogen-bond acceptors (Lipinski definition) is 4. The van der Waals surface area contributed by atoms with E-state index in [1.807, 2.05) is 24.3 Å². The molecule has 0 aliphatic carbocycles. The maximum atomic E-state index is 10.7. The summed E-state index contributed by atoms with van der Waals surface area (Å²) in [5.41, 5.74) is 1.21. The molecule has 0 fully saturated rings. The lowest BCUT2D eigenvalue weighted by Crippen LogP contribution is -2.01. The van der Waals surface area contributed by atoms with Gasteiger partial charge in [-0.05, 0) is 43.4 Å². The van der Waals surface area contributed by atoms with Gasteiger partial charge in [0.25, 0.3) is 0 Å². The van der Waals surface area contributed by atoms with Crippen LogP contribution in [0.15, 0.2) is 24.3 Å². The maximum Gasteiger partial charge on any atom is 0.232 e. The van der Waals surface area contributed by atoms with Crippen LogP contribution in [0.1, 0.15) is 24.8 Å². The minimum Gasteiger partial charge on any atom is -0.494 e. The van der Waals surface area contributed by atoms with Crippen LogP contribution >= 0.6 is 10.7 Å². The molecule has 1 rings (SSSR count). The highest BCUT2D eigenvalue weighted by Crippen LogP contribution is 2.13. The molecule has 114 valence electrons. The standard InChI is InChI=1S/C14H21ClO4S/c1-18-11-9-13-5-7-14(8-6-13)19-10-3-2-4-12-20(15,16)17/h5-8H,2-4,9-12H2,1H3. The average Bonchev–Trinajstić information content (AvgIpc) is 2.40. The zero-order chi connectivity index (χ0) is 14.8. The molecule has 0 radical (unpaired) electrons. The Morgan fingerprint density at radius 3 is 2.35 bits per heavy atom. The second kappa shape index (κ2) is 9.21. The highest BCUT2D eigenvalue weighted by molar-refractivity contribution is 8.13. The van der Waals surface area contributed by atoms with Crippen LogP contribution in [0, 0.1) is 0 Å². The summed E-state index contributed by atoms with van der Waals surface area (Å²) in [6, 6.07) is 7.92. The topological polar surface area (TPSA) is 52.6 Å². The summed E-state index contributed by atoms with van der Waals surface area (Å²) in [4.78, 5) is 0. The molecule has 4 nitrogen and oxygen atoms in total. The number of unbranched alkanes of at least 4 members (excludes halogenated alkanes) is 2. The molecule has 0 aliphatic rings. The van der Waals surface area contributed by atoms with Gasteiger partial charge in [-0.25, -0.2) is 8.42 Å². The van der Waals surface area contributed by atoms with Gasteiger partial charge in [-0.15, -0.1) is 0 Å². The monoisotopic (exact) mass is 320 g/mol.